The number of benzene rings is 1. The molecule has 0 amide bonds. The fourth-order valence-electron chi connectivity index (χ4n) is 1.79. The van der Waals surface area contributed by atoms with Gasteiger partial charge in [-0.1, -0.05) is 25.1 Å². The molecule has 1 aliphatic rings. The SMILES string of the molecule is CCC1CN=C(N)N1c1ccccc1. The van der Waals surface area contributed by atoms with E-state index in [1.165, 1.54) is 0 Å². The Balaban J connectivity index is 2.28. The van der Waals surface area contributed by atoms with Gasteiger partial charge in [0.2, 0.25) is 0 Å². The predicted molar refractivity (Wildman–Crippen MR) is 59.5 cm³/mol. The molecule has 1 heterocycles. The predicted octanol–water partition coefficient (Wildman–Crippen LogP) is 1.60. The number of para-hydroxylation sites is 1. The molecule has 0 aromatic heterocycles. The smallest absolute Gasteiger partial charge is 0.196 e. The Morgan fingerprint density at radius 2 is 2.14 bits per heavy atom. The van der Waals surface area contributed by atoms with Gasteiger partial charge in [0.25, 0.3) is 0 Å². The highest BCUT2D eigenvalue weighted by molar-refractivity contribution is 5.97. The lowest BCUT2D eigenvalue weighted by Crippen LogP contribution is -2.40. The fraction of sp³-hybridized carbons (Fsp3) is 0.364. The van der Waals surface area contributed by atoms with E-state index in [-0.39, 0.29) is 0 Å². The van der Waals surface area contributed by atoms with Gasteiger partial charge in [-0.15, -0.1) is 0 Å². The maximum Gasteiger partial charge on any atom is 0.196 e. The summed E-state index contributed by atoms with van der Waals surface area (Å²) < 4.78 is 0. The summed E-state index contributed by atoms with van der Waals surface area (Å²) in [5.41, 5.74) is 6.99. The molecule has 1 aromatic rings. The number of nitrogens with two attached hydrogens (primary N) is 1. The summed E-state index contributed by atoms with van der Waals surface area (Å²) in [7, 11) is 0. The van der Waals surface area contributed by atoms with Crippen LogP contribution in [0.2, 0.25) is 0 Å². The maximum absolute atomic E-state index is 5.85. The van der Waals surface area contributed by atoms with Crippen molar-refractivity contribution in [1.29, 1.82) is 0 Å². The molecule has 0 bridgehead atoms. The fourth-order valence-corrected chi connectivity index (χ4v) is 1.79. The van der Waals surface area contributed by atoms with E-state index in [0.29, 0.717) is 12.0 Å². The monoisotopic (exact) mass is 189 g/mol. The van der Waals surface area contributed by atoms with E-state index < -0.39 is 0 Å². The summed E-state index contributed by atoms with van der Waals surface area (Å²) in [5, 5.41) is 0. The summed E-state index contributed by atoms with van der Waals surface area (Å²) >= 11 is 0. The maximum atomic E-state index is 5.85. The first kappa shape index (κ1) is 9.06. The van der Waals surface area contributed by atoms with E-state index in [2.05, 4.69) is 28.9 Å². The number of nitrogens with zero attached hydrogens (tertiary/aromatic N) is 2. The minimum atomic E-state index is 0.428. The third-order valence-electron chi connectivity index (χ3n) is 2.58. The molecule has 1 aromatic carbocycles. The van der Waals surface area contributed by atoms with Gasteiger partial charge in [-0.2, -0.15) is 0 Å². The second kappa shape index (κ2) is 3.70. The van der Waals surface area contributed by atoms with Gasteiger partial charge in [0.05, 0.1) is 12.6 Å². The van der Waals surface area contributed by atoms with Crippen molar-refractivity contribution in [2.24, 2.45) is 10.7 Å². The molecular weight excluding hydrogens is 174 g/mol. The molecule has 0 saturated heterocycles. The number of aliphatic imine (C=N–C) groups is 1. The van der Waals surface area contributed by atoms with Crippen LogP contribution in [0.5, 0.6) is 0 Å². The van der Waals surface area contributed by atoms with Crippen molar-refractivity contribution in [3.05, 3.63) is 30.3 Å². The largest absolute Gasteiger partial charge is 0.370 e. The van der Waals surface area contributed by atoms with Crippen LogP contribution in [0, 0.1) is 0 Å². The lowest BCUT2D eigenvalue weighted by Gasteiger charge is -2.25. The number of guanidine groups is 1. The number of anilines is 1. The molecule has 14 heavy (non-hydrogen) atoms. The van der Waals surface area contributed by atoms with Crippen LogP contribution in [-0.4, -0.2) is 18.5 Å². The van der Waals surface area contributed by atoms with Crippen molar-refractivity contribution in [3.63, 3.8) is 0 Å². The molecule has 1 aliphatic heterocycles. The zero-order valence-corrected chi connectivity index (χ0v) is 8.35. The van der Waals surface area contributed by atoms with Crippen molar-refractivity contribution in [3.8, 4) is 0 Å². The topological polar surface area (TPSA) is 41.6 Å². The van der Waals surface area contributed by atoms with Gasteiger partial charge in [-0.3, -0.25) is 4.99 Å². The molecule has 0 saturated carbocycles. The third-order valence-corrected chi connectivity index (χ3v) is 2.58. The van der Waals surface area contributed by atoms with E-state index in [9.17, 15) is 0 Å². The third kappa shape index (κ3) is 1.45. The lowest BCUT2D eigenvalue weighted by molar-refractivity contribution is 0.684. The van der Waals surface area contributed by atoms with Gasteiger partial charge in [0.15, 0.2) is 5.96 Å². The summed E-state index contributed by atoms with van der Waals surface area (Å²) in [6.45, 7) is 2.98. The van der Waals surface area contributed by atoms with Crippen LogP contribution < -0.4 is 10.6 Å². The van der Waals surface area contributed by atoms with E-state index in [4.69, 9.17) is 5.73 Å². The van der Waals surface area contributed by atoms with Crippen LogP contribution >= 0.6 is 0 Å². The van der Waals surface area contributed by atoms with Crippen LogP contribution in [0.3, 0.4) is 0 Å². The number of hydrogen-bond acceptors (Lipinski definition) is 3. The summed E-state index contributed by atoms with van der Waals surface area (Å²) in [4.78, 5) is 6.38. The highest BCUT2D eigenvalue weighted by Gasteiger charge is 2.25. The first-order valence-electron chi connectivity index (χ1n) is 4.97. The van der Waals surface area contributed by atoms with Crippen molar-refractivity contribution in [2.45, 2.75) is 19.4 Å². The minimum absolute atomic E-state index is 0.428. The molecule has 3 nitrogen and oxygen atoms in total. The summed E-state index contributed by atoms with van der Waals surface area (Å²) in [5.74, 6) is 0.642. The molecule has 2 N–H and O–H groups in total. The van der Waals surface area contributed by atoms with E-state index >= 15 is 0 Å². The van der Waals surface area contributed by atoms with Crippen molar-refractivity contribution >= 4 is 11.6 Å². The summed E-state index contributed by atoms with van der Waals surface area (Å²) in [6, 6.07) is 10.6. The van der Waals surface area contributed by atoms with Crippen LogP contribution in [0.15, 0.2) is 35.3 Å². The molecule has 1 atom stereocenters. The Morgan fingerprint density at radius 1 is 1.43 bits per heavy atom. The highest BCUT2D eigenvalue weighted by atomic mass is 15.3. The van der Waals surface area contributed by atoms with Crippen molar-refractivity contribution in [1.82, 2.24) is 0 Å². The van der Waals surface area contributed by atoms with E-state index in [0.717, 1.165) is 18.7 Å². The molecule has 0 radical (unpaired) electrons. The Hall–Kier alpha value is -1.51. The van der Waals surface area contributed by atoms with Crippen LogP contribution in [0.1, 0.15) is 13.3 Å². The zero-order chi connectivity index (χ0) is 9.97. The lowest BCUT2D eigenvalue weighted by atomic mass is 10.2. The molecule has 3 heteroatoms. The average molecular weight is 189 g/mol. The normalized spacial score (nSPS) is 21.1. The number of rotatable bonds is 2. The Labute approximate surface area is 84.2 Å². The molecule has 2 rings (SSSR count). The summed E-state index contributed by atoms with van der Waals surface area (Å²) in [6.07, 6.45) is 1.07. The quantitative estimate of drug-likeness (QED) is 0.767. The Morgan fingerprint density at radius 3 is 2.79 bits per heavy atom. The van der Waals surface area contributed by atoms with Gasteiger partial charge < -0.3 is 10.6 Å². The van der Waals surface area contributed by atoms with E-state index in [1.807, 2.05) is 18.2 Å². The second-order valence-corrected chi connectivity index (χ2v) is 3.47. The van der Waals surface area contributed by atoms with Crippen LogP contribution in [0.25, 0.3) is 0 Å². The first-order chi connectivity index (χ1) is 6.83. The molecule has 1 unspecified atom stereocenters. The van der Waals surface area contributed by atoms with Crippen molar-refractivity contribution < 1.29 is 0 Å². The molecule has 0 aliphatic carbocycles. The minimum Gasteiger partial charge on any atom is -0.370 e. The van der Waals surface area contributed by atoms with E-state index in [1.54, 1.807) is 0 Å². The van der Waals surface area contributed by atoms with Crippen LogP contribution in [-0.2, 0) is 0 Å². The Bertz CT molecular complexity index is 332. The molecule has 74 valence electrons. The molecular formula is C11H15N3. The second-order valence-electron chi connectivity index (χ2n) is 3.47. The van der Waals surface area contributed by atoms with Crippen molar-refractivity contribution in [2.75, 3.05) is 11.4 Å². The molecule has 0 spiro atoms. The van der Waals surface area contributed by atoms with Gasteiger partial charge in [-0.25, -0.2) is 0 Å². The standard InChI is InChI=1S/C11H15N3/c1-2-9-8-13-11(12)14(9)10-6-4-3-5-7-10/h3-7,9H,2,8H2,1H3,(H2,12,13). The average Bonchev–Trinajstić information content (AvgIpc) is 2.61. The Kier molecular flexibility index (Phi) is 2.39. The van der Waals surface area contributed by atoms with Gasteiger partial charge in [0.1, 0.15) is 0 Å². The highest BCUT2D eigenvalue weighted by Crippen LogP contribution is 2.21. The van der Waals surface area contributed by atoms with Crippen LogP contribution in [0.4, 0.5) is 5.69 Å². The van der Waals surface area contributed by atoms with Gasteiger partial charge >= 0.3 is 0 Å². The first-order valence-corrected chi connectivity index (χ1v) is 4.97. The molecule has 0 fully saturated rings. The van der Waals surface area contributed by atoms with Gasteiger partial charge in [0, 0.05) is 5.69 Å². The zero-order valence-electron chi connectivity index (χ0n) is 8.35. The number of hydrogen-bond donors (Lipinski definition) is 1. The van der Waals surface area contributed by atoms with Gasteiger partial charge in [-0.05, 0) is 18.6 Å².